The molecule has 2 aliphatic rings. The maximum atomic E-state index is 13.3. The van der Waals surface area contributed by atoms with Crippen molar-refractivity contribution < 1.29 is 13.5 Å². The van der Waals surface area contributed by atoms with Gasteiger partial charge in [-0.25, -0.2) is 4.68 Å². The van der Waals surface area contributed by atoms with Crippen molar-refractivity contribution in [2.75, 3.05) is 5.32 Å². The highest BCUT2D eigenvalue weighted by atomic mass is 127. The van der Waals surface area contributed by atoms with Crippen molar-refractivity contribution in [3.63, 3.8) is 0 Å². The second kappa shape index (κ2) is 8.97. The van der Waals surface area contributed by atoms with Crippen LogP contribution in [0.25, 0.3) is 0 Å². The number of nitrogens with one attached hydrogen (secondary N) is 1. The molecule has 1 aliphatic heterocycles. The Kier molecular flexibility index (Phi) is 6.44. The van der Waals surface area contributed by atoms with Gasteiger partial charge in [0.05, 0.1) is 5.69 Å². The molecule has 1 aromatic heterocycles. The number of sulfonamides is 1. The van der Waals surface area contributed by atoms with E-state index in [2.05, 4.69) is 20.9 Å². The Labute approximate surface area is 200 Å². The first-order valence-electron chi connectivity index (χ1n) is 10.6. The molecule has 0 bridgehead atoms. The predicted molar refractivity (Wildman–Crippen MR) is 132 cm³/mol. The summed E-state index contributed by atoms with van der Waals surface area (Å²) in [5.41, 5.74) is 1.10. The minimum atomic E-state index is -4.04. The second-order valence-electron chi connectivity index (χ2n) is 8.49. The molecule has 0 radical (unpaired) electrons. The Hall–Kier alpha value is -2.21. The van der Waals surface area contributed by atoms with Gasteiger partial charge in [0.15, 0.2) is 11.6 Å². The van der Waals surface area contributed by atoms with Crippen LogP contribution in [0.3, 0.4) is 0 Å². The molecule has 1 aliphatic carbocycles. The fraction of sp³-hybridized carbons (Fsp3) is 0.409. The molecule has 4 rings (SSSR count). The lowest BCUT2D eigenvalue weighted by atomic mass is 10.1. The number of hydrogen-bond acceptors (Lipinski definition) is 6. The van der Waals surface area contributed by atoms with Crippen molar-refractivity contribution in [1.82, 2.24) is 9.78 Å². The lowest BCUT2D eigenvalue weighted by Gasteiger charge is -2.20. The van der Waals surface area contributed by atoms with Crippen LogP contribution in [0.5, 0.6) is 5.75 Å². The number of fused-ring (bicyclic) bond motifs is 1. The molecule has 2 heterocycles. The Morgan fingerprint density at radius 1 is 1.31 bits per heavy atom. The fourth-order valence-electron chi connectivity index (χ4n) is 3.83. The lowest BCUT2D eigenvalue weighted by Crippen LogP contribution is -2.35. The Morgan fingerprint density at radius 3 is 2.78 bits per heavy atom. The molecule has 8 nitrogen and oxygen atoms in total. The number of amidine groups is 1. The van der Waals surface area contributed by atoms with Crippen LogP contribution in [0, 0.1) is 9.49 Å². The number of allylic oxidation sites excluding steroid dienone is 2. The van der Waals surface area contributed by atoms with Crippen molar-refractivity contribution >= 4 is 44.1 Å². The Balaban J connectivity index is 1.85. The van der Waals surface area contributed by atoms with Crippen LogP contribution in [0.15, 0.2) is 43.9 Å². The van der Waals surface area contributed by atoms with E-state index in [0.29, 0.717) is 30.3 Å². The molecule has 10 heteroatoms. The van der Waals surface area contributed by atoms with Gasteiger partial charge in [-0.3, -0.25) is 4.79 Å². The highest BCUT2D eigenvalue weighted by molar-refractivity contribution is 14.1. The summed E-state index contributed by atoms with van der Waals surface area (Å²) in [6, 6.07) is 4.91. The van der Waals surface area contributed by atoms with Crippen LogP contribution >= 0.6 is 22.6 Å². The lowest BCUT2D eigenvalue weighted by molar-refractivity contribution is 0.430. The molecule has 0 atom stereocenters. The van der Waals surface area contributed by atoms with Gasteiger partial charge in [-0.2, -0.15) is 13.5 Å². The number of rotatable bonds is 6. The summed E-state index contributed by atoms with van der Waals surface area (Å²) in [7, 11) is -4.04. The van der Waals surface area contributed by atoms with Crippen LogP contribution in [0.2, 0.25) is 0 Å². The van der Waals surface area contributed by atoms with Crippen LogP contribution < -0.4 is 10.9 Å². The number of halogens is 1. The largest absolute Gasteiger partial charge is 0.505 e. The summed E-state index contributed by atoms with van der Waals surface area (Å²) in [6.07, 6.45) is 6.22. The van der Waals surface area contributed by atoms with Gasteiger partial charge in [0.1, 0.15) is 16.2 Å². The first-order valence-corrected chi connectivity index (χ1v) is 13.1. The maximum Gasteiger partial charge on any atom is 0.286 e. The van der Waals surface area contributed by atoms with Gasteiger partial charge in [0.2, 0.25) is 0 Å². The fourth-order valence-corrected chi connectivity index (χ4v) is 5.68. The van der Waals surface area contributed by atoms with Gasteiger partial charge >= 0.3 is 0 Å². The summed E-state index contributed by atoms with van der Waals surface area (Å²) < 4.78 is 31.6. The number of aromatic hydroxyl groups is 1. The molecule has 170 valence electrons. The van der Waals surface area contributed by atoms with Crippen LogP contribution in [-0.2, 0) is 23.0 Å². The third-order valence-corrected chi connectivity index (χ3v) is 7.56. The average molecular weight is 568 g/mol. The van der Waals surface area contributed by atoms with Gasteiger partial charge in [0, 0.05) is 16.5 Å². The summed E-state index contributed by atoms with van der Waals surface area (Å²) in [4.78, 5) is 13.3. The first-order chi connectivity index (χ1) is 15.2. The summed E-state index contributed by atoms with van der Waals surface area (Å²) in [5.74, 6) is -0.149. The van der Waals surface area contributed by atoms with Gasteiger partial charge < -0.3 is 10.4 Å². The average Bonchev–Trinajstić information content (AvgIpc) is 3.22. The molecular formula is C22H25IN4O4S. The van der Waals surface area contributed by atoms with Gasteiger partial charge in [0.25, 0.3) is 15.6 Å². The van der Waals surface area contributed by atoms with E-state index in [-0.39, 0.29) is 22.0 Å². The number of aryl methyl sites for hydroxylation is 1. The predicted octanol–water partition coefficient (Wildman–Crippen LogP) is 3.81. The number of anilines is 1. The van der Waals surface area contributed by atoms with Crippen LogP contribution in [-0.4, -0.2) is 29.1 Å². The normalized spacial score (nSPS) is 17.0. The monoisotopic (exact) mass is 568 g/mol. The molecule has 32 heavy (non-hydrogen) atoms. The van der Waals surface area contributed by atoms with Crippen molar-refractivity contribution in [2.45, 2.75) is 57.4 Å². The highest BCUT2D eigenvalue weighted by Crippen LogP contribution is 2.32. The number of benzene rings is 1. The van der Waals surface area contributed by atoms with Crippen molar-refractivity contribution in [1.29, 1.82) is 0 Å². The molecule has 0 fully saturated rings. The zero-order valence-corrected chi connectivity index (χ0v) is 20.9. The molecule has 0 saturated heterocycles. The van der Waals surface area contributed by atoms with Crippen LogP contribution in [0.4, 0.5) is 5.69 Å². The minimum Gasteiger partial charge on any atom is -0.505 e. The molecule has 0 spiro atoms. The maximum absolute atomic E-state index is 13.3. The van der Waals surface area contributed by atoms with Crippen molar-refractivity contribution in [3.8, 4) is 5.75 Å². The summed E-state index contributed by atoms with van der Waals surface area (Å²) >= 11 is 2.03. The minimum absolute atomic E-state index is 0.0400. The van der Waals surface area contributed by atoms with E-state index in [1.807, 2.05) is 36.4 Å². The molecule has 2 aromatic rings. The van der Waals surface area contributed by atoms with Gasteiger partial charge in [-0.05, 0) is 72.4 Å². The number of aromatic nitrogens is 2. The van der Waals surface area contributed by atoms with E-state index in [1.165, 1.54) is 10.7 Å². The highest BCUT2D eigenvalue weighted by Gasteiger charge is 2.30. The van der Waals surface area contributed by atoms with E-state index in [0.717, 1.165) is 34.8 Å². The van der Waals surface area contributed by atoms with Gasteiger partial charge in [-0.15, -0.1) is 4.40 Å². The molecule has 2 N–H and O–H groups in total. The topological polar surface area (TPSA) is 114 Å². The third kappa shape index (κ3) is 4.61. The van der Waals surface area contributed by atoms with E-state index < -0.39 is 15.6 Å². The Bertz CT molecular complexity index is 1300. The van der Waals surface area contributed by atoms with E-state index in [1.54, 1.807) is 12.1 Å². The molecule has 1 aromatic carbocycles. The quantitative estimate of drug-likeness (QED) is 0.405. The first kappa shape index (κ1) is 23.0. The summed E-state index contributed by atoms with van der Waals surface area (Å²) in [5, 5.41) is 18.4. The standard InChI is InChI=1S/C22H25IN4O4S/c1-13(2)9-10-27-22(29)19(20(28)17(25-27)11-14-5-3-4-6-14)21-24-16-8-7-15(23)12-18(16)32(30,31)26-21/h5,7-8,12-13,28H,3-4,6,9-11H2,1-2H3,(H,24,26). The summed E-state index contributed by atoms with van der Waals surface area (Å²) in [6.45, 7) is 4.47. The second-order valence-corrected chi connectivity index (χ2v) is 11.3. The van der Waals surface area contributed by atoms with E-state index in [9.17, 15) is 18.3 Å². The zero-order valence-electron chi connectivity index (χ0n) is 17.9. The smallest absolute Gasteiger partial charge is 0.286 e. The molecule has 0 unspecified atom stereocenters. The van der Waals surface area contributed by atoms with Gasteiger partial charge in [-0.1, -0.05) is 25.5 Å². The Morgan fingerprint density at radius 2 is 2.09 bits per heavy atom. The van der Waals surface area contributed by atoms with Crippen LogP contribution in [0.1, 0.15) is 50.8 Å². The number of hydrogen-bond donors (Lipinski definition) is 2. The zero-order chi connectivity index (χ0) is 23.0. The molecule has 0 amide bonds. The third-order valence-electron chi connectivity index (χ3n) is 5.57. The molecule has 0 saturated carbocycles. The van der Waals surface area contributed by atoms with Crippen molar-refractivity contribution in [2.24, 2.45) is 10.3 Å². The molecular weight excluding hydrogens is 543 g/mol. The van der Waals surface area contributed by atoms with E-state index >= 15 is 0 Å². The number of nitrogens with zero attached hydrogens (tertiary/aromatic N) is 3. The SMILES string of the molecule is CC(C)CCn1nc(CC2=CCCC2)c(O)c(C2=NS(=O)(=O)c3cc(I)ccc3N2)c1=O. The van der Waals surface area contributed by atoms with Crippen molar-refractivity contribution in [3.05, 3.63) is 55.0 Å². The van der Waals surface area contributed by atoms with E-state index in [4.69, 9.17) is 0 Å².